The average molecular weight is 398 g/mol. The molecule has 1 heterocycles. The van der Waals surface area contributed by atoms with Gasteiger partial charge in [0.15, 0.2) is 0 Å². The molecule has 0 unspecified atom stereocenters. The van der Waals surface area contributed by atoms with Gasteiger partial charge in [-0.3, -0.25) is 19.3 Å². The second kappa shape index (κ2) is 8.20. The van der Waals surface area contributed by atoms with Gasteiger partial charge in [-0.15, -0.1) is 13.2 Å². The van der Waals surface area contributed by atoms with Gasteiger partial charge in [-0.1, -0.05) is 25.0 Å². The largest absolute Gasteiger partial charge is 0.573 e. The summed E-state index contributed by atoms with van der Waals surface area (Å²) in [6.07, 6.45) is -1.41. The molecule has 1 aliphatic carbocycles. The van der Waals surface area contributed by atoms with E-state index in [1.54, 1.807) is 0 Å². The Hall–Kier alpha value is -2.58. The molecule has 1 saturated heterocycles. The summed E-state index contributed by atoms with van der Waals surface area (Å²) in [6, 6.07) is 5.16. The second-order valence-electron chi connectivity index (χ2n) is 7.04. The molecule has 6 nitrogen and oxygen atoms in total. The third kappa shape index (κ3) is 4.82. The summed E-state index contributed by atoms with van der Waals surface area (Å²) < 4.78 is 40.2. The zero-order valence-electron chi connectivity index (χ0n) is 15.1. The van der Waals surface area contributed by atoms with Crippen molar-refractivity contribution in [3.63, 3.8) is 0 Å². The average Bonchev–Trinajstić information content (AvgIpc) is 2.89. The van der Waals surface area contributed by atoms with E-state index < -0.39 is 6.36 Å². The van der Waals surface area contributed by atoms with Crippen molar-refractivity contribution in [3.8, 4) is 5.75 Å². The number of carbonyl (C=O) groups excluding carboxylic acids is 3. The SMILES string of the molecule is O=C(CCN1C(=O)[C@@H]2CCCC[C@H]2C1=O)NCc1ccc(OC(F)(F)F)cc1. The van der Waals surface area contributed by atoms with Crippen molar-refractivity contribution in [1.29, 1.82) is 0 Å². The van der Waals surface area contributed by atoms with Gasteiger partial charge in [0.2, 0.25) is 17.7 Å². The fraction of sp³-hybridized carbons (Fsp3) is 0.526. The molecule has 1 aromatic rings. The van der Waals surface area contributed by atoms with Crippen LogP contribution in [0.4, 0.5) is 13.2 Å². The molecule has 0 aromatic heterocycles. The molecule has 28 heavy (non-hydrogen) atoms. The number of hydrogen-bond donors (Lipinski definition) is 1. The number of hydrogen-bond acceptors (Lipinski definition) is 4. The summed E-state index contributed by atoms with van der Waals surface area (Å²) in [5.74, 6) is -1.50. The van der Waals surface area contributed by atoms with Gasteiger partial charge in [0.25, 0.3) is 0 Å². The summed E-state index contributed by atoms with van der Waals surface area (Å²) in [6.45, 7) is 0.174. The maximum Gasteiger partial charge on any atom is 0.573 e. The minimum Gasteiger partial charge on any atom is -0.406 e. The van der Waals surface area contributed by atoms with Crippen LogP contribution in [0, 0.1) is 11.8 Å². The summed E-state index contributed by atoms with van der Waals surface area (Å²) in [7, 11) is 0. The summed E-state index contributed by atoms with van der Waals surface area (Å²) in [4.78, 5) is 37.9. The Morgan fingerprint density at radius 3 is 2.18 bits per heavy atom. The van der Waals surface area contributed by atoms with Crippen LogP contribution in [0.15, 0.2) is 24.3 Å². The molecule has 0 radical (unpaired) electrons. The van der Waals surface area contributed by atoms with Crippen LogP contribution < -0.4 is 10.1 Å². The number of halogens is 3. The zero-order valence-corrected chi connectivity index (χ0v) is 15.1. The molecule has 3 rings (SSSR count). The molecular formula is C19H21F3N2O4. The van der Waals surface area contributed by atoms with Gasteiger partial charge >= 0.3 is 6.36 Å². The summed E-state index contributed by atoms with van der Waals surface area (Å²) in [5, 5.41) is 2.63. The van der Waals surface area contributed by atoms with Crippen LogP contribution in [0.1, 0.15) is 37.7 Å². The normalized spacial score (nSPS) is 22.2. The van der Waals surface area contributed by atoms with Crippen LogP contribution in [0.25, 0.3) is 0 Å². The van der Waals surface area contributed by atoms with Crippen LogP contribution in [-0.4, -0.2) is 35.5 Å². The van der Waals surface area contributed by atoms with Crippen molar-refractivity contribution in [3.05, 3.63) is 29.8 Å². The number of nitrogens with one attached hydrogen (secondary N) is 1. The third-order valence-corrected chi connectivity index (χ3v) is 5.14. The smallest absolute Gasteiger partial charge is 0.406 e. The van der Waals surface area contributed by atoms with E-state index in [0.717, 1.165) is 37.8 Å². The zero-order chi connectivity index (χ0) is 20.3. The van der Waals surface area contributed by atoms with Crippen LogP contribution in [-0.2, 0) is 20.9 Å². The lowest BCUT2D eigenvalue weighted by Crippen LogP contribution is -2.35. The van der Waals surface area contributed by atoms with E-state index in [4.69, 9.17) is 0 Å². The topological polar surface area (TPSA) is 75.7 Å². The molecule has 0 bridgehead atoms. The van der Waals surface area contributed by atoms with Gasteiger partial charge in [-0.2, -0.15) is 0 Å². The Bertz CT molecular complexity index is 725. The van der Waals surface area contributed by atoms with E-state index >= 15 is 0 Å². The number of nitrogens with zero attached hydrogens (tertiary/aromatic N) is 1. The number of likely N-dealkylation sites (tertiary alicyclic amines) is 1. The Balaban J connectivity index is 1.45. The van der Waals surface area contributed by atoms with Crippen LogP contribution in [0.5, 0.6) is 5.75 Å². The first-order valence-corrected chi connectivity index (χ1v) is 9.21. The Morgan fingerprint density at radius 1 is 1.07 bits per heavy atom. The van der Waals surface area contributed by atoms with Gasteiger partial charge in [0.1, 0.15) is 5.75 Å². The van der Waals surface area contributed by atoms with Crippen molar-refractivity contribution in [2.24, 2.45) is 11.8 Å². The van der Waals surface area contributed by atoms with Gasteiger partial charge in [0, 0.05) is 19.5 Å². The molecule has 2 atom stereocenters. The molecule has 1 aliphatic heterocycles. The number of benzene rings is 1. The van der Waals surface area contributed by atoms with Crippen LogP contribution in [0.2, 0.25) is 0 Å². The number of imide groups is 1. The highest BCUT2D eigenvalue weighted by Gasteiger charge is 2.47. The molecule has 2 fully saturated rings. The van der Waals surface area contributed by atoms with Crippen molar-refractivity contribution in [2.45, 2.75) is 45.0 Å². The van der Waals surface area contributed by atoms with Crippen molar-refractivity contribution >= 4 is 17.7 Å². The van der Waals surface area contributed by atoms with Crippen molar-refractivity contribution in [2.75, 3.05) is 6.54 Å². The maximum absolute atomic E-state index is 12.4. The lowest BCUT2D eigenvalue weighted by atomic mass is 9.81. The van der Waals surface area contributed by atoms with Crippen LogP contribution >= 0.6 is 0 Å². The Morgan fingerprint density at radius 2 is 1.64 bits per heavy atom. The van der Waals surface area contributed by atoms with Crippen LogP contribution in [0.3, 0.4) is 0 Å². The predicted molar refractivity (Wildman–Crippen MR) is 91.8 cm³/mol. The number of fused-ring (bicyclic) bond motifs is 1. The molecule has 0 spiro atoms. The molecule has 152 valence electrons. The lowest BCUT2D eigenvalue weighted by molar-refractivity contribution is -0.274. The van der Waals surface area contributed by atoms with E-state index in [0.29, 0.717) is 5.56 Å². The van der Waals surface area contributed by atoms with E-state index in [2.05, 4.69) is 10.1 Å². The molecule has 1 N–H and O–H groups in total. The number of amides is 3. The lowest BCUT2D eigenvalue weighted by Gasteiger charge is -2.19. The first-order valence-electron chi connectivity index (χ1n) is 9.21. The number of alkyl halides is 3. The van der Waals surface area contributed by atoms with E-state index in [1.807, 2.05) is 0 Å². The maximum atomic E-state index is 12.4. The predicted octanol–water partition coefficient (Wildman–Crippen LogP) is 2.77. The Labute approximate surface area is 160 Å². The fourth-order valence-electron chi connectivity index (χ4n) is 3.76. The van der Waals surface area contributed by atoms with E-state index in [9.17, 15) is 27.6 Å². The molecule has 1 saturated carbocycles. The summed E-state index contributed by atoms with van der Waals surface area (Å²) in [5.41, 5.74) is 0.599. The quantitative estimate of drug-likeness (QED) is 0.748. The number of rotatable bonds is 6. The van der Waals surface area contributed by atoms with Gasteiger partial charge in [-0.25, -0.2) is 0 Å². The van der Waals surface area contributed by atoms with E-state index in [-0.39, 0.29) is 54.8 Å². The molecular weight excluding hydrogens is 377 g/mol. The number of ether oxygens (including phenoxy) is 1. The Kier molecular flexibility index (Phi) is 5.90. The van der Waals surface area contributed by atoms with Gasteiger partial charge in [0.05, 0.1) is 11.8 Å². The monoisotopic (exact) mass is 398 g/mol. The van der Waals surface area contributed by atoms with Gasteiger partial charge in [-0.05, 0) is 30.5 Å². The highest BCUT2D eigenvalue weighted by Crippen LogP contribution is 2.37. The minimum atomic E-state index is -4.75. The highest BCUT2D eigenvalue weighted by atomic mass is 19.4. The minimum absolute atomic E-state index is 0.00775. The third-order valence-electron chi connectivity index (χ3n) is 5.14. The highest BCUT2D eigenvalue weighted by molar-refractivity contribution is 6.05. The molecule has 9 heteroatoms. The molecule has 2 aliphatic rings. The van der Waals surface area contributed by atoms with Crippen molar-refractivity contribution in [1.82, 2.24) is 10.2 Å². The standard InChI is InChI=1S/C19H21F3N2O4/c20-19(21,22)28-13-7-5-12(6-8-13)11-23-16(25)9-10-24-17(26)14-3-1-2-4-15(14)18(24)27/h5-8,14-15H,1-4,9-11H2,(H,23,25)/t14-,15-/m1/s1. The molecule has 3 amide bonds. The first-order chi connectivity index (χ1) is 13.2. The number of carbonyl (C=O) groups is 3. The van der Waals surface area contributed by atoms with Gasteiger partial charge < -0.3 is 10.1 Å². The van der Waals surface area contributed by atoms with Crippen molar-refractivity contribution < 1.29 is 32.3 Å². The fourth-order valence-corrected chi connectivity index (χ4v) is 3.76. The van der Waals surface area contributed by atoms with E-state index in [1.165, 1.54) is 17.0 Å². The first kappa shape index (κ1) is 20.2. The second-order valence-corrected chi connectivity index (χ2v) is 7.04. The summed E-state index contributed by atoms with van der Waals surface area (Å²) >= 11 is 0. The molecule has 1 aromatic carbocycles.